The fourth-order valence-electron chi connectivity index (χ4n) is 3.65. The smallest absolute Gasteiger partial charge is 0.241 e. The van der Waals surface area contributed by atoms with Gasteiger partial charge in [0.1, 0.15) is 5.75 Å². The van der Waals surface area contributed by atoms with Crippen LogP contribution in [0, 0.1) is 6.92 Å². The number of ether oxygens (including phenoxy) is 1. The fourth-order valence-corrected chi connectivity index (χ4v) is 3.65. The third kappa shape index (κ3) is 4.81. The lowest BCUT2D eigenvalue weighted by Crippen LogP contribution is -2.39. The van der Waals surface area contributed by atoms with Gasteiger partial charge >= 0.3 is 0 Å². The van der Waals surface area contributed by atoms with Gasteiger partial charge in [-0.15, -0.1) is 0 Å². The number of rotatable bonds is 6. The zero-order valence-electron chi connectivity index (χ0n) is 16.5. The number of carbonyl (C=O) groups excluding carboxylic acids is 1. The second-order valence-corrected chi connectivity index (χ2v) is 7.39. The fraction of sp³-hybridized carbons (Fsp3) is 0.250. The number of carbonyl (C=O) groups is 1. The van der Waals surface area contributed by atoms with Crippen molar-refractivity contribution in [1.82, 2.24) is 9.88 Å². The van der Waals surface area contributed by atoms with Crippen molar-refractivity contribution in [1.29, 1.82) is 0 Å². The molecule has 0 aliphatic carbocycles. The average Bonchev–Trinajstić information content (AvgIpc) is 3.20. The van der Waals surface area contributed by atoms with Gasteiger partial charge in [-0.05, 0) is 56.1 Å². The van der Waals surface area contributed by atoms with Crippen LogP contribution in [-0.2, 0) is 11.3 Å². The maximum absolute atomic E-state index is 13.1. The highest BCUT2D eigenvalue weighted by molar-refractivity contribution is 5.96. The molecule has 0 bridgehead atoms. The Kier molecular flexibility index (Phi) is 5.86. The summed E-state index contributed by atoms with van der Waals surface area (Å²) in [6, 6.07) is 19.5. The second kappa shape index (κ2) is 8.88. The molecule has 2 heterocycles. The largest absolute Gasteiger partial charge is 0.454 e. The Morgan fingerprint density at radius 2 is 1.97 bits per heavy atom. The summed E-state index contributed by atoms with van der Waals surface area (Å²) in [5.41, 5.74) is 3.15. The molecule has 0 radical (unpaired) electrons. The van der Waals surface area contributed by atoms with Crippen molar-refractivity contribution in [3.8, 4) is 11.5 Å². The summed E-state index contributed by atoms with van der Waals surface area (Å²) in [6.45, 7) is 3.80. The van der Waals surface area contributed by atoms with Gasteiger partial charge in [0, 0.05) is 12.7 Å². The normalized spacial score (nSPS) is 16.5. The Morgan fingerprint density at radius 1 is 1.14 bits per heavy atom. The molecule has 1 saturated heterocycles. The molecule has 0 spiro atoms. The molecule has 1 aliphatic heterocycles. The lowest BCUT2D eigenvalue weighted by molar-refractivity contribution is -0.120. The Bertz CT molecular complexity index is 957. The van der Waals surface area contributed by atoms with Gasteiger partial charge in [0.2, 0.25) is 5.91 Å². The van der Waals surface area contributed by atoms with Crippen molar-refractivity contribution < 1.29 is 9.53 Å². The third-order valence-electron chi connectivity index (χ3n) is 5.18. The lowest BCUT2D eigenvalue weighted by atomic mass is 10.1. The number of hydrogen-bond donors (Lipinski definition) is 1. The molecule has 148 valence electrons. The van der Waals surface area contributed by atoms with Crippen LogP contribution < -0.4 is 10.1 Å². The number of aryl methyl sites for hydroxylation is 1. The van der Waals surface area contributed by atoms with E-state index < -0.39 is 0 Å². The van der Waals surface area contributed by atoms with E-state index in [2.05, 4.69) is 46.4 Å². The number of amides is 1. The summed E-state index contributed by atoms with van der Waals surface area (Å²) >= 11 is 0. The first kappa shape index (κ1) is 19.2. The Morgan fingerprint density at radius 3 is 2.76 bits per heavy atom. The number of anilines is 1. The maximum atomic E-state index is 13.1. The van der Waals surface area contributed by atoms with Gasteiger partial charge in [-0.1, -0.05) is 42.0 Å². The average molecular weight is 387 g/mol. The number of hydrogen-bond acceptors (Lipinski definition) is 4. The van der Waals surface area contributed by atoms with Gasteiger partial charge in [-0.3, -0.25) is 14.7 Å². The van der Waals surface area contributed by atoms with Gasteiger partial charge < -0.3 is 10.1 Å². The molecule has 0 saturated carbocycles. The van der Waals surface area contributed by atoms with Crippen LogP contribution in [0.5, 0.6) is 11.5 Å². The first-order valence-electron chi connectivity index (χ1n) is 9.96. The first-order chi connectivity index (χ1) is 14.2. The molecule has 5 heteroatoms. The predicted molar refractivity (Wildman–Crippen MR) is 114 cm³/mol. The highest BCUT2D eigenvalue weighted by Crippen LogP contribution is 2.30. The van der Waals surface area contributed by atoms with Gasteiger partial charge in [0.25, 0.3) is 0 Å². The maximum Gasteiger partial charge on any atom is 0.241 e. The third-order valence-corrected chi connectivity index (χ3v) is 5.18. The summed E-state index contributed by atoms with van der Waals surface area (Å²) < 4.78 is 5.92. The van der Waals surface area contributed by atoms with Crippen LogP contribution in [-0.4, -0.2) is 28.4 Å². The molecule has 1 atom stereocenters. The zero-order valence-corrected chi connectivity index (χ0v) is 16.5. The van der Waals surface area contributed by atoms with E-state index in [-0.39, 0.29) is 11.9 Å². The van der Waals surface area contributed by atoms with Crippen molar-refractivity contribution in [2.75, 3.05) is 11.9 Å². The number of aromatic nitrogens is 1. The van der Waals surface area contributed by atoms with E-state index in [1.54, 1.807) is 12.4 Å². The highest BCUT2D eigenvalue weighted by atomic mass is 16.5. The Balaban J connectivity index is 1.45. The van der Waals surface area contributed by atoms with Crippen LogP contribution in [0.15, 0.2) is 73.1 Å². The molecule has 1 aromatic heterocycles. The Hall–Kier alpha value is -3.18. The van der Waals surface area contributed by atoms with Crippen molar-refractivity contribution >= 4 is 11.6 Å². The molecule has 2 aromatic carbocycles. The molecule has 5 nitrogen and oxygen atoms in total. The number of para-hydroxylation sites is 2. The number of pyridine rings is 1. The van der Waals surface area contributed by atoms with Crippen LogP contribution in [0.2, 0.25) is 0 Å². The van der Waals surface area contributed by atoms with E-state index in [1.807, 2.05) is 36.4 Å². The van der Waals surface area contributed by atoms with Crippen molar-refractivity contribution in [2.24, 2.45) is 0 Å². The minimum absolute atomic E-state index is 0.0110. The molecule has 1 amide bonds. The van der Waals surface area contributed by atoms with Crippen molar-refractivity contribution in [3.63, 3.8) is 0 Å². The minimum atomic E-state index is -0.136. The van der Waals surface area contributed by atoms with E-state index in [0.717, 1.165) is 25.9 Å². The van der Waals surface area contributed by atoms with E-state index >= 15 is 0 Å². The number of nitrogens with zero attached hydrogens (tertiary/aromatic N) is 2. The van der Waals surface area contributed by atoms with E-state index in [1.165, 1.54) is 11.1 Å². The monoisotopic (exact) mass is 387 g/mol. The summed E-state index contributed by atoms with van der Waals surface area (Å²) in [5, 5.41) is 3.07. The minimum Gasteiger partial charge on any atom is -0.454 e. The van der Waals surface area contributed by atoms with Crippen LogP contribution in [0.25, 0.3) is 0 Å². The molecule has 1 N–H and O–H groups in total. The van der Waals surface area contributed by atoms with Crippen LogP contribution in [0.4, 0.5) is 5.69 Å². The first-order valence-corrected chi connectivity index (χ1v) is 9.96. The molecular formula is C24H25N3O2. The standard InChI is InChI=1S/C24H25N3O2/c1-18-10-12-19(13-11-18)17-27-15-5-8-22(27)24(28)26-21-7-2-3-9-23(21)29-20-6-4-14-25-16-20/h2-4,6-7,9-14,16,22H,5,8,15,17H2,1H3,(H,26,28)/t22-/m1/s1. The summed E-state index contributed by atoms with van der Waals surface area (Å²) in [6.07, 6.45) is 5.24. The summed E-state index contributed by atoms with van der Waals surface area (Å²) in [7, 11) is 0. The van der Waals surface area contributed by atoms with Gasteiger partial charge in [-0.2, -0.15) is 0 Å². The van der Waals surface area contributed by atoms with Crippen molar-refractivity contribution in [3.05, 3.63) is 84.2 Å². The SMILES string of the molecule is Cc1ccc(CN2CCC[C@@H]2C(=O)Nc2ccccc2Oc2cccnc2)cc1. The van der Waals surface area contributed by atoms with Gasteiger partial charge in [-0.25, -0.2) is 0 Å². The highest BCUT2D eigenvalue weighted by Gasteiger charge is 2.31. The number of nitrogens with one attached hydrogen (secondary N) is 1. The number of benzene rings is 2. The number of likely N-dealkylation sites (tertiary alicyclic amines) is 1. The molecule has 4 rings (SSSR count). The molecule has 1 aliphatic rings. The summed E-state index contributed by atoms with van der Waals surface area (Å²) in [4.78, 5) is 19.4. The molecule has 0 unspecified atom stereocenters. The summed E-state index contributed by atoms with van der Waals surface area (Å²) in [5.74, 6) is 1.25. The van der Waals surface area contributed by atoms with Gasteiger partial charge in [0.05, 0.1) is 17.9 Å². The zero-order chi connectivity index (χ0) is 20.1. The van der Waals surface area contributed by atoms with E-state index in [4.69, 9.17) is 4.74 Å². The van der Waals surface area contributed by atoms with Crippen LogP contribution in [0.3, 0.4) is 0 Å². The molecule has 1 fully saturated rings. The van der Waals surface area contributed by atoms with Gasteiger partial charge in [0.15, 0.2) is 5.75 Å². The second-order valence-electron chi connectivity index (χ2n) is 7.39. The van der Waals surface area contributed by atoms with Crippen molar-refractivity contribution in [2.45, 2.75) is 32.4 Å². The molecular weight excluding hydrogens is 362 g/mol. The van der Waals surface area contributed by atoms with Crippen LogP contribution >= 0.6 is 0 Å². The van der Waals surface area contributed by atoms with Crippen LogP contribution in [0.1, 0.15) is 24.0 Å². The topological polar surface area (TPSA) is 54.5 Å². The lowest BCUT2D eigenvalue weighted by Gasteiger charge is -2.24. The van der Waals surface area contributed by atoms with E-state index in [0.29, 0.717) is 17.2 Å². The quantitative estimate of drug-likeness (QED) is 0.661. The van der Waals surface area contributed by atoms with E-state index in [9.17, 15) is 4.79 Å². The Labute approximate surface area is 171 Å². The predicted octanol–water partition coefficient (Wildman–Crippen LogP) is 4.79. The molecule has 29 heavy (non-hydrogen) atoms. The molecule has 3 aromatic rings.